The van der Waals surface area contributed by atoms with Gasteiger partial charge < -0.3 is 24.2 Å². The number of nitrogens with zero attached hydrogens (tertiary/aromatic N) is 1. The quantitative estimate of drug-likeness (QED) is 0.816. The van der Waals surface area contributed by atoms with Crippen molar-refractivity contribution in [3.8, 4) is 11.5 Å². The monoisotopic (exact) mass is 337 g/mol. The van der Waals surface area contributed by atoms with Crippen LogP contribution in [0, 0.1) is 0 Å². The standard InChI is InChI=1S/C17H23NO6/c1-3-13-10-18(7-8-23-13)17(21)12-5-6-14(24-11-16(19)20)15(9-12)22-4-2/h5-6,9,13H,3-4,7-8,10-11H2,1-2H3,(H,19,20)/t13-/m1/s1. The summed E-state index contributed by atoms with van der Waals surface area (Å²) in [4.78, 5) is 25.1. The van der Waals surface area contributed by atoms with Gasteiger partial charge in [0.05, 0.1) is 19.3 Å². The third-order valence-electron chi connectivity index (χ3n) is 3.72. The number of morpholine rings is 1. The molecule has 1 aliphatic heterocycles. The molecule has 1 aromatic rings. The maximum atomic E-state index is 12.7. The van der Waals surface area contributed by atoms with Crippen LogP contribution in [0.4, 0.5) is 0 Å². The van der Waals surface area contributed by atoms with Crippen LogP contribution >= 0.6 is 0 Å². The zero-order valence-corrected chi connectivity index (χ0v) is 14.0. The Balaban J connectivity index is 2.15. The highest BCUT2D eigenvalue weighted by Gasteiger charge is 2.24. The number of amides is 1. The molecule has 7 nitrogen and oxygen atoms in total. The normalized spacial score (nSPS) is 17.4. The highest BCUT2D eigenvalue weighted by atomic mass is 16.5. The first-order chi connectivity index (χ1) is 11.5. The Kier molecular flexibility index (Phi) is 6.43. The highest BCUT2D eigenvalue weighted by molar-refractivity contribution is 5.95. The largest absolute Gasteiger partial charge is 0.490 e. The van der Waals surface area contributed by atoms with Gasteiger partial charge in [-0.3, -0.25) is 4.79 Å². The number of carbonyl (C=O) groups excluding carboxylic acids is 1. The van der Waals surface area contributed by atoms with E-state index < -0.39 is 12.6 Å². The first kappa shape index (κ1) is 18.1. The molecule has 1 saturated heterocycles. The van der Waals surface area contributed by atoms with Crippen LogP contribution in [0.3, 0.4) is 0 Å². The van der Waals surface area contributed by atoms with Crippen molar-refractivity contribution in [2.24, 2.45) is 0 Å². The fourth-order valence-corrected chi connectivity index (χ4v) is 2.50. The summed E-state index contributed by atoms with van der Waals surface area (Å²) >= 11 is 0. The minimum absolute atomic E-state index is 0.0623. The maximum absolute atomic E-state index is 12.7. The van der Waals surface area contributed by atoms with Gasteiger partial charge in [0.1, 0.15) is 0 Å². The number of aliphatic carboxylic acids is 1. The van der Waals surface area contributed by atoms with Crippen LogP contribution in [-0.2, 0) is 9.53 Å². The number of hydrogen-bond acceptors (Lipinski definition) is 5. The predicted molar refractivity (Wildman–Crippen MR) is 86.7 cm³/mol. The maximum Gasteiger partial charge on any atom is 0.341 e. The van der Waals surface area contributed by atoms with E-state index in [1.807, 2.05) is 13.8 Å². The molecule has 2 rings (SSSR count). The molecule has 1 heterocycles. The Morgan fingerprint density at radius 2 is 2.08 bits per heavy atom. The zero-order chi connectivity index (χ0) is 17.5. The van der Waals surface area contributed by atoms with Crippen LogP contribution in [-0.4, -0.2) is 60.9 Å². The molecule has 1 aromatic carbocycles. The second-order valence-corrected chi connectivity index (χ2v) is 5.43. The smallest absolute Gasteiger partial charge is 0.341 e. The zero-order valence-electron chi connectivity index (χ0n) is 14.0. The minimum Gasteiger partial charge on any atom is -0.490 e. The first-order valence-corrected chi connectivity index (χ1v) is 8.07. The summed E-state index contributed by atoms with van der Waals surface area (Å²) in [6.45, 7) is 5.41. The van der Waals surface area contributed by atoms with E-state index in [9.17, 15) is 9.59 Å². The van der Waals surface area contributed by atoms with Crippen molar-refractivity contribution in [1.29, 1.82) is 0 Å². The second kappa shape index (κ2) is 8.54. The fourth-order valence-electron chi connectivity index (χ4n) is 2.50. The lowest BCUT2D eigenvalue weighted by Crippen LogP contribution is -2.45. The fraction of sp³-hybridized carbons (Fsp3) is 0.529. The van der Waals surface area contributed by atoms with Crippen molar-refractivity contribution in [2.45, 2.75) is 26.4 Å². The van der Waals surface area contributed by atoms with E-state index in [0.29, 0.717) is 43.4 Å². The third-order valence-corrected chi connectivity index (χ3v) is 3.72. The molecule has 0 saturated carbocycles. The molecule has 1 fully saturated rings. The van der Waals surface area contributed by atoms with E-state index in [1.54, 1.807) is 23.1 Å². The molecule has 1 atom stereocenters. The predicted octanol–water partition coefficient (Wildman–Crippen LogP) is 1.80. The van der Waals surface area contributed by atoms with Crippen LogP contribution < -0.4 is 9.47 Å². The highest BCUT2D eigenvalue weighted by Crippen LogP contribution is 2.29. The lowest BCUT2D eigenvalue weighted by Gasteiger charge is -2.32. The van der Waals surface area contributed by atoms with Crippen molar-refractivity contribution in [3.63, 3.8) is 0 Å². The SMILES string of the molecule is CCOc1cc(C(=O)N2CCO[C@H](CC)C2)ccc1OCC(=O)O. The van der Waals surface area contributed by atoms with Gasteiger partial charge in [-0.15, -0.1) is 0 Å². The Bertz CT molecular complexity index is 588. The summed E-state index contributed by atoms with van der Waals surface area (Å²) in [5, 5.41) is 8.72. The molecule has 0 aliphatic carbocycles. The van der Waals surface area contributed by atoms with Crippen LogP contribution in [0.1, 0.15) is 30.6 Å². The van der Waals surface area contributed by atoms with E-state index in [4.69, 9.17) is 19.3 Å². The number of carboxylic acid groups (broad SMARTS) is 1. The first-order valence-electron chi connectivity index (χ1n) is 8.07. The van der Waals surface area contributed by atoms with Gasteiger partial charge in [-0.25, -0.2) is 4.79 Å². The van der Waals surface area contributed by atoms with Crippen molar-refractivity contribution >= 4 is 11.9 Å². The van der Waals surface area contributed by atoms with Crippen LogP contribution in [0.25, 0.3) is 0 Å². The van der Waals surface area contributed by atoms with Crippen molar-refractivity contribution in [2.75, 3.05) is 32.9 Å². The summed E-state index contributed by atoms with van der Waals surface area (Å²) in [5.41, 5.74) is 0.484. The molecule has 0 aromatic heterocycles. The van der Waals surface area contributed by atoms with Gasteiger partial charge in [0.15, 0.2) is 18.1 Å². The van der Waals surface area contributed by atoms with Gasteiger partial charge in [-0.05, 0) is 31.5 Å². The van der Waals surface area contributed by atoms with Crippen molar-refractivity contribution in [3.05, 3.63) is 23.8 Å². The molecule has 1 aliphatic rings. The number of benzene rings is 1. The third kappa shape index (κ3) is 4.61. The van der Waals surface area contributed by atoms with Crippen molar-refractivity contribution < 1.29 is 28.9 Å². The summed E-state index contributed by atoms with van der Waals surface area (Å²) in [5.74, 6) is -0.492. The molecule has 0 unspecified atom stereocenters. The molecule has 7 heteroatoms. The van der Waals surface area contributed by atoms with E-state index in [0.717, 1.165) is 6.42 Å². The molecule has 1 amide bonds. The second-order valence-electron chi connectivity index (χ2n) is 5.43. The molecule has 24 heavy (non-hydrogen) atoms. The Morgan fingerprint density at radius 1 is 1.29 bits per heavy atom. The van der Waals surface area contributed by atoms with Gasteiger partial charge in [-0.1, -0.05) is 6.92 Å². The average molecular weight is 337 g/mol. The van der Waals surface area contributed by atoms with E-state index in [-0.39, 0.29) is 12.0 Å². The number of ether oxygens (including phenoxy) is 3. The number of rotatable bonds is 7. The van der Waals surface area contributed by atoms with E-state index >= 15 is 0 Å². The van der Waals surface area contributed by atoms with Gasteiger partial charge in [-0.2, -0.15) is 0 Å². The number of carboxylic acids is 1. The molecule has 0 radical (unpaired) electrons. The van der Waals surface area contributed by atoms with Gasteiger partial charge in [0, 0.05) is 18.7 Å². The van der Waals surface area contributed by atoms with Crippen LogP contribution in [0.2, 0.25) is 0 Å². The van der Waals surface area contributed by atoms with Crippen LogP contribution in [0.5, 0.6) is 11.5 Å². The Morgan fingerprint density at radius 3 is 2.75 bits per heavy atom. The topological polar surface area (TPSA) is 85.3 Å². The Labute approximate surface area is 141 Å². The number of hydrogen-bond donors (Lipinski definition) is 1. The molecule has 132 valence electrons. The van der Waals surface area contributed by atoms with Crippen LogP contribution in [0.15, 0.2) is 18.2 Å². The molecule has 1 N–H and O–H groups in total. The lowest BCUT2D eigenvalue weighted by molar-refractivity contribution is -0.139. The summed E-state index contributed by atoms with van der Waals surface area (Å²) in [6, 6.07) is 4.79. The van der Waals surface area contributed by atoms with E-state index in [1.165, 1.54) is 0 Å². The summed E-state index contributed by atoms with van der Waals surface area (Å²) in [6.07, 6.45) is 0.919. The molecular weight excluding hydrogens is 314 g/mol. The molecular formula is C17H23NO6. The molecule has 0 spiro atoms. The Hall–Kier alpha value is -2.28. The lowest BCUT2D eigenvalue weighted by atomic mass is 10.1. The molecule has 0 bridgehead atoms. The average Bonchev–Trinajstić information content (AvgIpc) is 2.60. The number of carbonyl (C=O) groups is 2. The minimum atomic E-state index is -1.07. The summed E-state index contributed by atoms with van der Waals surface area (Å²) in [7, 11) is 0. The van der Waals surface area contributed by atoms with Crippen molar-refractivity contribution in [1.82, 2.24) is 4.90 Å². The van der Waals surface area contributed by atoms with Gasteiger partial charge in [0.25, 0.3) is 5.91 Å². The van der Waals surface area contributed by atoms with E-state index in [2.05, 4.69) is 0 Å². The summed E-state index contributed by atoms with van der Waals surface area (Å²) < 4.78 is 16.3. The van der Waals surface area contributed by atoms with Gasteiger partial charge >= 0.3 is 5.97 Å². The van der Waals surface area contributed by atoms with Gasteiger partial charge in [0.2, 0.25) is 0 Å².